The first kappa shape index (κ1) is 10.7. The Balaban J connectivity index is 2.36. The van der Waals surface area contributed by atoms with Crippen molar-refractivity contribution in [2.24, 2.45) is 5.92 Å². The predicted octanol–water partition coefficient (Wildman–Crippen LogP) is 1.75. The van der Waals surface area contributed by atoms with Gasteiger partial charge in [-0.05, 0) is 25.8 Å². The molecule has 0 bridgehead atoms. The number of fused-ring (bicyclic) bond motifs is 1. The van der Waals surface area contributed by atoms with Gasteiger partial charge in [-0.1, -0.05) is 13.8 Å². The first-order valence-electron chi connectivity index (χ1n) is 5.98. The lowest BCUT2D eigenvalue weighted by molar-refractivity contribution is 0.407. The van der Waals surface area contributed by atoms with Crippen molar-refractivity contribution in [1.29, 1.82) is 0 Å². The molecule has 1 aromatic heterocycles. The molecular weight excluding hydrogens is 186 g/mol. The van der Waals surface area contributed by atoms with Gasteiger partial charge in [0.1, 0.15) is 5.82 Å². The molecule has 0 aromatic carbocycles. The van der Waals surface area contributed by atoms with Crippen LogP contribution in [0.25, 0.3) is 0 Å². The smallest absolute Gasteiger partial charge is 0.108 e. The summed E-state index contributed by atoms with van der Waals surface area (Å²) in [4.78, 5) is 4.73. The van der Waals surface area contributed by atoms with Crippen molar-refractivity contribution in [3.05, 3.63) is 17.2 Å². The number of hydrogen-bond acceptors (Lipinski definition) is 2. The van der Waals surface area contributed by atoms with Crippen LogP contribution in [0.1, 0.15) is 37.5 Å². The molecule has 1 aromatic rings. The normalized spacial score (nSPS) is 20.3. The molecule has 3 heteroatoms. The van der Waals surface area contributed by atoms with Gasteiger partial charge in [0.25, 0.3) is 0 Å². The summed E-state index contributed by atoms with van der Waals surface area (Å²) < 4.78 is 2.44. The minimum Gasteiger partial charge on any atom is -0.332 e. The third-order valence-electron chi connectivity index (χ3n) is 3.28. The molecule has 1 aliphatic rings. The second kappa shape index (κ2) is 4.35. The molecule has 0 amide bonds. The van der Waals surface area contributed by atoms with Crippen LogP contribution in [0.3, 0.4) is 0 Å². The lowest BCUT2D eigenvalue weighted by atomic mass is 9.97. The number of rotatable bonds is 3. The standard InChI is InChI=1S/C12H21N3/c1-4-12-14-10(8-13-3)11-7-9(2)5-6-15(11)12/h9,13H,4-8H2,1-3H3. The maximum absolute atomic E-state index is 4.73. The minimum atomic E-state index is 0.814. The van der Waals surface area contributed by atoms with Gasteiger partial charge in [0, 0.05) is 25.2 Å². The van der Waals surface area contributed by atoms with Crippen molar-refractivity contribution in [3.63, 3.8) is 0 Å². The van der Waals surface area contributed by atoms with Crippen LogP contribution in [0.5, 0.6) is 0 Å². The Morgan fingerprint density at radius 1 is 1.53 bits per heavy atom. The van der Waals surface area contributed by atoms with Crippen molar-refractivity contribution >= 4 is 0 Å². The quantitative estimate of drug-likeness (QED) is 0.818. The Kier molecular flexibility index (Phi) is 3.10. The van der Waals surface area contributed by atoms with Crippen molar-refractivity contribution in [2.45, 2.75) is 46.2 Å². The van der Waals surface area contributed by atoms with Crippen molar-refractivity contribution < 1.29 is 0 Å². The highest BCUT2D eigenvalue weighted by Crippen LogP contribution is 2.24. The number of hydrogen-bond donors (Lipinski definition) is 1. The van der Waals surface area contributed by atoms with Crippen molar-refractivity contribution in [2.75, 3.05) is 7.05 Å². The molecule has 1 N–H and O–H groups in total. The topological polar surface area (TPSA) is 29.9 Å². The second-order valence-electron chi connectivity index (χ2n) is 4.55. The van der Waals surface area contributed by atoms with Gasteiger partial charge < -0.3 is 9.88 Å². The Morgan fingerprint density at radius 2 is 2.33 bits per heavy atom. The van der Waals surface area contributed by atoms with Gasteiger partial charge in [0.15, 0.2) is 0 Å². The van der Waals surface area contributed by atoms with Crippen LogP contribution in [0.2, 0.25) is 0 Å². The molecule has 0 fully saturated rings. The minimum absolute atomic E-state index is 0.814. The highest BCUT2D eigenvalue weighted by Gasteiger charge is 2.21. The summed E-state index contributed by atoms with van der Waals surface area (Å²) in [7, 11) is 1.99. The molecular formula is C12H21N3. The Hall–Kier alpha value is -0.830. The lowest BCUT2D eigenvalue weighted by Gasteiger charge is -2.22. The van der Waals surface area contributed by atoms with E-state index in [1.165, 1.54) is 30.1 Å². The molecule has 0 saturated heterocycles. The van der Waals surface area contributed by atoms with Crippen LogP contribution in [0, 0.1) is 5.92 Å². The summed E-state index contributed by atoms with van der Waals surface area (Å²) in [5.74, 6) is 2.08. The Morgan fingerprint density at radius 3 is 3.00 bits per heavy atom. The zero-order valence-electron chi connectivity index (χ0n) is 10.0. The molecule has 84 valence electrons. The molecule has 1 aliphatic heterocycles. The predicted molar refractivity (Wildman–Crippen MR) is 61.9 cm³/mol. The second-order valence-corrected chi connectivity index (χ2v) is 4.55. The van der Waals surface area contributed by atoms with Gasteiger partial charge >= 0.3 is 0 Å². The first-order valence-corrected chi connectivity index (χ1v) is 5.98. The molecule has 0 spiro atoms. The van der Waals surface area contributed by atoms with Crippen molar-refractivity contribution in [1.82, 2.24) is 14.9 Å². The summed E-state index contributed by atoms with van der Waals surface area (Å²) in [5, 5.41) is 3.21. The molecule has 1 atom stereocenters. The van der Waals surface area contributed by atoms with Gasteiger partial charge in [0.05, 0.1) is 5.69 Å². The number of aryl methyl sites for hydroxylation is 1. The largest absolute Gasteiger partial charge is 0.332 e. The SMILES string of the molecule is CCc1nc(CNC)c2n1CCC(C)C2. The van der Waals surface area contributed by atoms with E-state index in [0.717, 1.165) is 25.4 Å². The van der Waals surface area contributed by atoms with Crippen LogP contribution in [-0.2, 0) is 25.9 Å². The molecule has 0 radical (unpaired) electrons. The van der Waals surface area contributed by atoms with Crippen molar-refractivity contribution in [3.8, 4) is 0 Å². The Bertz CT molecular complexity index is 341. The zero-order chi connectivity index (χ0) is 10.8. The molecule has 3 nitrogen and oxygen atoms in total. The number of aromatic nitrogens is 2. The van der Waals surface area contributed by atoms with E-state index in [0.29, 0.717) is 0 Å². The summed E-state index contributed by atoms with van der Waals surface area (Å²) in [6.07, 6.45) is 3.55. The highest BCUT2D eigenvalue weighted by molar-refractivity contribution is 5.20. The van der Waals surface area contributed by atoms with Crippen LogP contribution < -0.4 is 5.32 Å². The highest BCUT2D eigenvalue weighted by atomic mass is 15.1. The van der Waals surface area contributed by atoms with Gasteiger partial charge in [-0.25, -0.2) is 4.98 Å². The van der Waals surface area contributed by atoms with Gasteiger partial charge in [-0.3, -0.25) is 0 Å². The molecule has 2 rings (SSSR count). The van der Waals surface area contributed by atoms with E-state index in [-0.39, 0.29) is 0 Å². The average Bonchev–Trinajstić information content (AvgIpc) is 2.57. The van der Waals surface area contributed by atoms with Crippen LogP contribution in [0.15, 0.2) is 0 Å². The maximum atomic E-state index is 4.73. The molecule has 0 aliphatic carbocycles. The van der Waals surface area contributed by atoms with E-state index in [4.69, 9.17) is 4.98 Å². The third-order valence-corrected chi connectivity index (χ3v) is 3.28. The fourth-order valence-electron chi connectivity index (χ4n) is 2.44. The van der Waals surface area contributed by atoms with Crippen LogP contribution >= 0.6 is 0 Å². The van der Waals surface area contributed by atoms with Crippen LogP contribution in [0.4, 0.5) is 0 Å². The summed E-state index contributed by atoms with van der Waals surface area (Å²) in [6.45, 7) is 6.60. The van der Waals surface area contributed by atoms with E-state index in [1.54, 1.807) is 0 Å². The summed E-state index contributed by atoms with van der Waals surface area (Å²) in [6, 6.07) is 0. The summed E-state index contributed by atoms with van der Waals surface area (Å²) in [5.41, 5.74) is 2.74. The lowest BCUT2D eigenvalue weighted by Crippen LogP contribution is -2.20. The monoisotopic (exact) mass is 207 g/mol. The Labute approximate surface area is 91.9 Å². The number of nitrogens with one attached hydrogen (secondary N) is 1. The fraction of sp³-hybridized carbons (Fsp3) is 0.750. The van der Waals surface area contributed by atoms with E-state index in [1.807, 2.05) is 7.05 Å². The maximum Gasteiger partial charge on any atom is 0.108 e. The van der Waals surface area contributed by atoms with Gasteiger partial charge in [-0.15, -0.1) is 0 Å². The first-order chi connectivity index (χ1) is 7.26. The molecule has 2 heterocycles. The van der Waals surface area contributed by atoms with E-state index >= 15 is 0 Å². The van der Waals surface area contributed by atoms with Crippen LogP contribution in [-0.4, -0.2) is 16.6 Å². The van der Waals surface area contributed by atoms with Gasteiger partial charge in [-0.2, -0.15) is 0 Å². The summed E-state index contributed by atoms with van der Waals surface area (Å²) >= 11 is 0. The number of imidazole rings is 1. The van der Waals surface area contributed by atoms with E-state index < -0.39 is 0 Å². The average molecular weight is 207 g/mol. The van der Waals surface area contributed by atoms with E-state index in [2.05, 4.69) is 23.7 Å². The fourth-order valence-corrected chi connectivity index (χ4v) is 2.44. The third kappa shape index (κ3) is 1.93. The molecule has 0 saturated carbocycles. The van der Waals surface area contributed by atoms with E-state index in [9.17, 15) is 0 Å². The molecule has 15 heavy (non-hydrogen) atoms. The number of nitrogens with zero attached hydrogens (tertiary/aromatic N) is 2. The van der Waals surface area contributed by atoms with Gasteiger partial charge in [0.2, 0.25) is 0 Å². The zero-order valence-corrected chi connectivity index (χ0v) is 10.0. The molecule has 1 unspecified atom stereocenters.